The fraction of sp³-hybridized carbons (Fsp3) is 0.385. The standard InChI is InChI=1S/C13H12ClNO3S/c1-2-17-13(16)8-4-3-7-5-18-9-6-19-12(14)11(15-8)10(7)9/h6H,2-5H2,1H3. The average Bonchev–Trinajstić information content (AvgIpc) is 2.69. The van der Waals surface area contributed by atoms with E-state index in [1.807, 2.05) is 5.41 Å². The number of hydrogen-bond acceptors (Lipinski definition) is 5. The van der Waals surface area contributed by atoms with Gasteiger partial charge in [-0.3, -0.25) is 0 Å². The number of aliphatic imine (C=N–C) groups is 1. The van der Waals surface area contributed by atoms with Gasteiger partial charge in [-0.1, -0.05) is 23.4 Å². The van der Waals surface area contributed by atoms with Gasteiger partial charge >= 0.3 is 5.97 Å². The summed E-state index contributed by atoms with van der Waals surface area (Å²) in [5.74, 6) is 0.455. The average molecular weight is 298 g/mol. The molecule has 0 N–H and O–H groups in total. The summed E-state index contributed by atoms with van der Waals surface area (Å²) in [5, 5.41) is 1.89. The van der Waals surface area contributed by atoms with E-state index in [1.165, 1.54) is 11.8 Å². The lowest BCUT2D eigenvalue weighted by atomic mass is 10.0. The van der Waals surface area contributed by atoms with Gasteiger partial charge < -0.3 is 9.47 Å². The van der Waals surface area contributed by atoms with Crippen molar-refractivity contribution >= 4 is 35.0 Å². The lowest BCUT2D eigenvalue weighted by Gasteiger charge is -2.13. The van der Waals surface area contributed by atoms with Gasteiger partial charge in [-0.2, -0.15) is 0 Å². The van der Waals surface area contributed by atoms with Crippen LogP contribution < -0.4 is 0 Å². The Hall–Kier alpha value is -1.20. The fourth-order valence-corrected chi connectivity index (χ4v) is 3.17. The van der Waals surface area contributed by atoms with Gasteiger partial charge in [0.15, 0.2) is 0 Å². The molecule has 0 atom stereocenters. The van der Waals surface area contributed by atoms with Crippen LogP contribution in [-0.4, -0.2) is 24.9 Å². The zero-order valence-corrected chi connectivity index (χ0v) is 11.9. The minimum atomic E-state index is -0.359. The van der Waals surface area contributed by atoms with Crippen LogP contribution in [0.1, 0.15) is 19.8 Å². The molecule has 0 saturated carbocycles. The molecule has 0 saturated heterocycles. The van der Waals surface area contributed by atoms with E-state index < -0.39 is 0 Å². The predicted molar refractivity (Wildman–Crippen MR) is 74.8 cm³/mol. The summed E-state index contributed by atoms with van der Waals surface area (Å²) in [6, 6.07) is 0. The van der Waals surface area contributed by atoms with Gasteiger partial charge in [0, 0.05) is 17.4 Å². The minimum Gasteiger partial charge on any atom is -0.488 e. The number of nitrogens with zero attached hydrogens (tertiary/aromatic N) is 1. The largest absolute Gasteiger partial charge is 0.488 e. The van der Waals surface area contributed by atoms with Crippen LogP contribution in [0.3, 0.4) is 0 Å². The van der Waals surface area contributed by atoms with Gasteiger partial charge in [-0.05, 0) is 18.9 Å². The summed E-state index contributed by atoms with van der Waals surface area (Å²) >= 11 is 7.58. The van der Waals surface area contributed by atoms with Crippen molar-refractivity contribution in [2.45, 2.75) is 19.8 Å². The first-order chi connectivity index (χ1) is 9.20. The highest BCUT2D eigenvalue weighted by Crippen LogP contribution is 2.45. The molecule has 3 heterocycles. The van der Waals surface area contributed by atoms with E-state index in [0.717, 1.165) is 23.3 Å². The highest BCUT2D eigenvalue weighted by atomic mass is 35.5. The van der Waals surface area contributed by atoms with Crippen molar-refractivity contribution in [3.63, 3.8) is 0 Å². The zero-order chi connectivity index (χ0) is 13.4. The topological polar surface area (TPSA) is 47.9 Å². The molecule has 4 nitrogen and oxygen atoms in total. The third-order valence-electron chi connectivity index (χ3n) is 3.12. The summed E-state index contributed by atoms with van der Waals surface area (Å²) in [6.45, 7) is 2.69. The second kappa shape index (κ2) is 5.06. The Morgan fingerprint density at radius 2 is 2.42 bits per heavy atom. The van der Waals surface area contributed by atoms with E-state index in [9.17, 15) is 4.79 Å². The van der Waals surface area contributed by atoms with Crippen molar-refractivity contribution in [1.82, 2.24) is 0 Å². The number of thioether (sulfide) groups is 1. The van der Waals surface area contributed by atoms with Crippen LogP contribution in [-0.2, 0) is 14.3 Å². The molecule has 3 rings (SSSR count). The van der Waals surface area contributed by atoms with Crippen LogP contribution in [0, 0.1) is 0 Å². The van der Waals surface area contributed by atoms with Crippen LogP contribution in [0.15, 0.2) is 37.4 Å². The molecule has 0 aliphatic carbocycles. The number of esters is 1. The lowest BCUT2D eigenvalue weighted by molar-refractivity contribution is -0.135. The molecule has 0 fully saturated rings. The van der Waals surface area contributed by atoms with Gasteiger partial charge in [0.05, 0.1) is 6.61 Å². The van der Waals surface area contributed by atoms with Gasteiger partial charge in [-0.15, -0.1) is 0 Å². The molecule has 6 heteroatoms. The molecule has 3 aliphatic rings. The first-order valence-corrected chi connectivity index (χ1v) is 7.33. The monoisotopic (exact) mass is 297 g/mol. The van der Waals surface area contributed by atoms with Crippen molar-refractivity contribution in [3.8, 4) is 0 Å². The number of ether oxygens (including phenoxy) is 2. The summed E-state index contributed by atoms with van der Waals surface area (Å²) < 4.78 is 11.2. The second-order valence-corrected chi connectivity index (χ2v) is 5.75. The van der Waals surface area contributed by atoms with Crippen LogP contribution in [0.5, 0.6) is 0 Å². The SMILES string of the molecule is CCOC(=O)C1=NC2=C(Cl)SC=C3OCC(=C32)CC1. The molecule has 0 aromatic heterocycles. The Balaban J connectivity index is 2.01. The molecule has 100 valence electrons. The maximum Gasteiger partial charge on any atom is 0.352 e. The smallest absolute Gasteiger partial charge is 0.352 e. The van der Waals surface area contributed by atoms with E-state index in [2.05, 4.69) is 4.99 Å². The Bertz CT molecular complexity index is 574. The van der Waals surface area contributed by atoms with E-state index in [0.29, 0.717) is 35.4 Å². The third kappa shape index (κ3) is 2.21. The molecule has 3 aliphatic heterocycles. The number of halogens is 1. The molecule has 0 aromatic rings. The maximum absolute atomic E-state index is 11.8. The fourth-order valence-electron chi connectivity index (χ4n) is 2.24. The Morgan fingerprint density at radius 1 is 1.58 bits per heavy atom. The number of hydrogen-bond donors (Lipinski definition) is 0. The van der Waals surface area contributed by atoms with Crippen LogP contribution >= 0.6 is 23.4 Å². The zero-order valence-electron chi connectivity index (χ0n) is 10.4. The van der Waals surface area contributed by atoms with Crippen molar-refractivity contribution in [1.29, 1.82) is 0 Å². The number of carbonyl (C=O) groups is 1. The van der Waals surface area contributed by atoms with E-state index in [1.54, 1.807) is 6.92 Å². The van der Waals surface area contributed by atoms with Gasteiger partial charge in [-0.25, -0.2) is 9.79 Å². The summed E-state index contributed by atoms with van der Waals surface area (Å²) in [4.78, 5) is 16.3. The third-order valence-corrected chi connectivity index (χ3v) is 4.29. The first-order valence-electron chi connectivity index (χ1n) is 6.07. The normalized spacial score (nSPS) is 21.4. The maximum atomic E-state index is 11.8. The molecular formula is C13H12ClNO3S. The van der Waals surface area contributed by atoms with Crippen molar-refractivity contribution in [2.75, 3.05) is 13.2 Å². The molecule has 0 radical (unpaired) electrons. The summed E-state index contributed by atoms with van der Waals surface area (Å²) in [7, 11) is 0. The molecule has 0 amide bonds. The van der Waals surface area contributed by atoms with Crippen LogP contribution in [0.4, 0.5) is 0 Å². The van der Waals surface area contributed by atoms with Crippen molar-refractivity contribution in [2.24, 2.45) is 4.99 Å². The first kappa shape index (κ1) is 12.8. The highest BCUT2D eigenvalue weighted by molar-refractivity contribution is 8.07. The van der Waals surface area contributed by atoms with Gasteiger partial charge in [0.25, 0.3) is 0 Å². The lowest BCUT2D eigenvalue weighted by Crippen LogP contribution is -2.17. The van der Waals surface area contributed by atoms with E-state index >= 15 is 0 Å². The minimum absolute atomic E-state index is 0.348. The summed E-state index contributed by atoms with van der Waals surface area (Å²) in [6.07, 6.45) is 1.31. The van der Waals surface area contributed by atoms with Crippen LogP contribution in [0.25, 0.3) is 0 Å². The molecule has 0 bridgehead atoms. The molecule has 0 spiro atoms. The van der Waals surface area contributed by atoms with Crippen molar-refractivity contribution < 1.29 is 14.3 Å². The van der Waals surface area contributed by atoms with Gasteiger partial charge in [0.1, 0.15) is 28.1 Å². The highest BCUT2D eigenvalue weighted by Gasteiger charge is 2.32. The number of rotatable bonds is 2. The molecular weight excluding hydrogens is 286 g/mol. The van der Waals surface area contributed by atoms with E-state index in [4.69, 9.17) is 21.1 Å². The predicted octanol–water partition coefficient (Wildman–Crippen LogP) is 3.11. The quantitative estimate of drug-likeness (QED) is 0.735. The van der Waals surface area contributed by atoms with E-state index in [-0.39, 0.29) is 5.97 Å². The Labute approximate surface area is 120 Å². The number of carbonyl (C=O) groups excluding carboxylic acids is 1. The second-order valence-electron chi connectivity index (χ2n) is 4.27. The van der Waals surface area contributed by atoms with Gasteiger partial charge in [0.2, 0.25) is 0 Å². The Morgan fingerprint density at radius 3 is 3.21 bits per heavy atom. The Kier molecular flexibility index (Phi) is 3.41. The molecule has 19 heavy (non-hydrogen) atoms. The van der Waals surface area contributed by atoms with Crippen molar-refractivity contribution in [3.05, 3.63) is 32.4 Å². The summed E-state index contributed by atoms with van der Waals surface area (Å²) in [5.41, 5.74) is 3.20. The molecule has 0 unspecified atom stereocenters. The van der Waals surface area contributed by atoms with Crippen LogP contribution in [0.2, 0.25) is 0 Å². The molecule has 0 aromatic carbocycles.